The van der Waals surface area contributed by atoms with Crippen LogP contribution in [0.15, 0.2) is 61.4 Å². The highest BCUT2D eigenvalue weighted by molar-refractivity contribution is 6.35. The van der Waals surface area contributed by atoms with Crippen molar-refractivity contribution >= 4 is 45.1 Å². The molecular weight excluding hydrogens is 395 g/mol. The van der Waals surface area contributed by atoms with Gasteiger partial charge < -0.3 is 14.6 Å². The van der Waals surface area contributed by atoms with Crippen molar-refractivity contribution in [1.29, 1.82) is 0 Å². The van der Waals surface area contributed by atoms with Crippen LogP contribution in [0.5, 0.6) is 0 Å². The van der Waals surface area contributed by atoms with Crippen molar-refractivity contribution in [1.82, 2.24) is 19.9 Å². The maximum atomic E-state index is 6.22. The normalized spacial score (nSPS) is 16.2. The van der Waals surface area contributed by atoms with Crippen molar-refractivity contribution in [2.45, 2.75) is 19.2 Å². The smallest absolute Gasteiger partial charge is 0.175 e. The average Bonchev–Trinajstić information content (AvgIpc) is 3.28. The molecule has 4 aromatic rings. The van der Waals surface area contributed by atoms with Gasteiger partial charge in [0.15, 0.2) is 6.23 Å². The van der Waals surface area contributed by atoms with Crippen LogP contribution in [0.4, 0.5) is 0 Å². The minimum atomic E-state index is -0.0815. The van der Waals surface area contributed by atoms with E-state index in [9.17, 15) is 0 Å². The van der Waals surface area contributed by atoms with Crippen molar-refractivity contribution < 1.29 is 4.74 Å². The van der Waals surface area contributed by atoms with Crippen LogP contribution in [0, 0.1) is 0 Å². The second-order valence-corrected chi connectivity index (χ2v) is 7.65. The third-order valence-corrected chi connectivity index (χ3v) is 5.40. The number of halogens is 2. The Hall–Kier alpha value is -2.76. The van der Waals surface area contributed by atoms with Crippen molar-refractivity contribution in [3.8, 4) is 0 Å². The molecule has 4 heterocycles. The van der Waals surface area contributed by atoms with E-state index in [4.69, 9.17) is 27.9 Å². The number of ether oxygens (including phenoxy) is 1. The number of aromatic amines is 1. The first-order valence-corrected chi connectivity index (χ1v) is 9.65. The summed E-state index contributed by atoms with van der Waals surface area (Å²) in [4.78, 5) is 14.0. The first-order chi connectivity index (χ1) is 13.7. The molecule has 1 unspecified atom stereocenters. The summed E-state index contributed by atoms with van der Waals surface area (Å²) in [6, 6.07) is 10.2. The molecular formula is C21H16Cl2N4O. The van der Waals surface area contributed by atoms with Crippen LogP contribution in [-0.4, -0.2) is 26.1 Å². The molecule has 0 saturated carbocycles. The largest absolute Gasteiger partial charge is 0.476 e. The zero-order valence-corrected chi connectivity index (χ0v) is 16.3. The van der Waals surface area contributed by atoms with Crippen molar-refractivity contribution in [2.75, 3.05) is 0 Å². The first-order valence-electron chi connectivity index (χ1n) is 8.89. The maximum Gasteiger partial charge on any atom is 0.175 e. The van der Waals surface area contributed by atoms with Crippen LogP contribution >= 0.6 is 23.2 Å². The molecule has 0 saturated heterocycles. The number of nitrogens with one attached hydrogen (secondary N) is 1. The zero-order chi connectivity index (χ0) is 19.1. The molecule has 1 aliphatic heterocycles. The number of nitrogens with zero attached hydrogens (tertiary/aromatic N) is 3. The number of fused-ring (bicyclic) bond motifs is 2. The van der Waals surface area contributed by atoms with Crippen molar-refractivity contribution in [3.63, 3.8) is 0 Å². The summed E-state index contributed by atoms with van der Waals surface area (Å²) in [6.07, 6.45) is 9.65. The van der Waals surface area contributed by atoms with E-state index in [0.29, 0.717) is 16.6 Å². The van der Waals surface area contributed by atoms with Gasteiger partial charge in [0.05, 0.1) is 15.6 Å². The quantitative estimate of drug-likeness (QED) is 0.496. The number of hydrogen-bond donors (Lipinski definition) is 1. The number of hydrogen-bond acceptors (Lipinski definition) is 4. The SMILES string of the molecule is Clc1cnc2ccc(CC3OC=CN3Cc3cnc4[nH]cc(Cl)c4c3)cc2c1. The minimum absolute atomic E-state index is 0.0815. The van der Waals surface area contributed by atoms with E-state index in [1.807, 2.05) is 24.5 Å². The van der Waals surface area contributed by atoms with Crippen molar-refractivity contribution in [2.24, 2.45) is 0 Å². The highest BCUT2D eigenvalue weighted by atomic mass is 35.5. The fourth-order valence-corrected chi connectivity index (χ4v) is 3.86. The molecule has 3 aromatic heterocycles. The van der Waals surface area contributed by atoms with Gasteiger partial charge in [0.25, 0.3) is 0 Å². The third kappa shape index (κ3) is 3.28. The van der Waals surface area contributed by atoms with E-state index >= 15 is 0 Å². The predicted molar refractivity (Wildman–Crippen MR) is 111 cm³/mol. The highest BCUT2D eigenvalue weighted by Gasteiger charge is 2.22. The summed E-state index contributed by atoms with van der Waals surface area (Å²) in [5.41, 5.74) is 3.96. The van der Waals surface area contributed by atoms with Gasteiger partial charge in [0, 0.05) is 48.5 Å². The first kappa shape index (κ1) is 17.3. The van der Waals surface area contributed by atoms with Crippen molar-refractivity contribution in [3.05, 3.63) is 82.6 Å². The van der Waals surface area contributed by atoms with E-state index in [-0.39, 0.29) is 6.23 Å². The van der Waals surface area contributed by atoms with Crippen LogP contribution in [-0.2, 0) is 17.7 Å². The predicted octanol–water partition coefficient (Wildman–Crippen LogP) is 5.29. The molecule has 1 aromatic carbocycles. The van der Waals surface area contributed by atoms with Gasteiger partial charge in [-0.2, -0.15) is 0 Å². The van der Waals surface area contributed by atoms with E-state index in [1.165, 1.54) is 0 Å². The van der Waals surface area contributed by atoms with E-state index in [2.05, 4.69) is 38.1 Å². The van der Waals surface area contributed by atoms with Gasteiger partial charge in [-0.3, -0.25) is 4.98 Å². The van der Waals surface area contributed by atoms with E-state index in [0.717, 1.165) is 39.5 Å². The number of benzene rings is 1. The van der Waals surface area contributed by atoms with E-state index in [1.54, 1.807) is 18.7 Å². The van der Waals surface area contributed by atoms with Gasteiger partial charge in [0.2, 0.25) is 0 Å². The molecule has 7 heteroatoms. The lowest BCUT2D eigenvalue weighted by Crippen LogP contribution is -2.29. The summed E-state index contributed by atoms with van der Waals surface area (Å²) in [6.45, 7) is 0.687. The standard InChI is InChI=1S/C21H16Cl2N4O/c22-16-8-15-5-13(1-2-19(15)24-10-16)7-20-27(3-4-28-20)12-14-6-17-18(23)11-26-21(17)25-9-14/h1-6,8-11,20H,7,12H2,(H,25,26). The van der Waals surface area contributed by atoms with E-state index < -0.39 is 0 Å². The van der Waals surface area contributed by atoms with Crippen LogP contribution in [0.2, 0.25) is 10.0 Å². The monoisotopic (exact) mass is 410 g/mol. The molecule has 0 aliphatic carbocycles. The summed E-state index contributed by atoms with van der Waals surface area (Å²) in [5, 5.41) is 3.27. The van der Waals surface area contributed by atoms with Crippen LogP contribution in [0.1, 0.15) is 11.1 Å². The second kappa shape index (κ2) is 7.00. The molecule has 140 valence electrons. The third-order valence-electron chi connectivity index (χ3n) is 4.88. The lowest BCUT2D eigenvalue weighted by molar-refractivity contribution is 0.0536. The molecule has 5 nitrogen and oxygen atoms in total. The number of H-pyrrole nitrogens is 1. The van der Waals surface area contributed by atoms with Gasteiger partial charge in [0.1, 0.15) is 11.9 Å². The van der Waals surface area contributed by atoms with Gasteiger partial charge in [-0.25, -0.2) is 4.98 Å². The molecule has 5 rings (SSSR count). The molecule has 1 atom stereocenters. The Labute approximate surface area is 171 Å². The Kier molecular flexibility index (Phi) is 4.34. The Morgan fingerprint density at radius 2 is 2.00 bits per heavy atom. The molecule has 1 aliphatic rings. The van der Waals surface area contributed by atoms with Gasteiger partial charge in [-0.15, -0.1) is 0 Å². The van der Waals surface area contributed by atoms with Crippen LogP contribution in [0.25, 0.3) is 21.9 Å². The topological polar surface area (TPSA) is 54.0 Å². The Morgan fingerprint density at radius 3 is 2.93 bits per heavy atom. The fourth-order valence-electron chi connectivity index (χ4n) is 3.49. The second-order valence-electron chi connectivity index (χ2n) is 6.81. The zero-order valence-electron chi connectivity index (χ0n) is 14.8. The number of rotatable bonds is 4. The average molecular weight is 411 g/mol. The van der Waals surface area contributed by atoms with Gasteiger partial charge in [-0.1, -0.05) is 29.3 Å². The maximum absolute atomic E-state index is 6.22. The highest BCUT2D eigenvalue weighted by Crippen LogP contribution is 2.25. The number of aromatic nitrogens is 3. The summed E-state index contributed by atoms with van der Waals surface area (Å²) in [7, 11) is 0. The molecule has 0 bridgehead atoms. The van der Waals surface area contributed by atoms with Gasteiger partial charge in [-0.05, 0) is 35.4 Å². The minimum Gasteiger partial charge on any atom is -0.476 e. The Bertz CT molecular complexity index is 1200. The fraction of sp³-hybridized carbons (Fsp3) is 0.143. The Balaban J connectivity index is 1.36. The number of pyridine rings is 2. The molecule has 0 spiro atoms. The Morgan fingerprint density at radius 1 is 1.07 bits per heavy atom. The summed E-state index contributed by atoms with van der Waals surface area (Å²) in [5.74, 6) is 0. The molecule has 0 amide bonds. The molecule has 0 radical (unpaired) electrons. The summed E-state index contributed by atoms with van der Waals surface area (Å²) < 4.78 is 5.82. The molecule has 0 fully saturated rings. The lowest BCUT2D eigenvalue weighted by atomic mass is 10.1. The summed E-state index contributed by atoms with van der Waals surface area (Å²) >= 11 is 12.3. The van der Waals surface area contributed by atoms with Crippen LogP contribution in [0.3, 0.4) is 0 Å². The van der Waals surface area contributed by atoms with Gasteiger partial charge >= 0.3 is 0 Å². The molecule has 1 N–H and O–H groups in total. The van der Waals surface area contributed by atoms with Crippen LogP contribution < -0.4 is 0 Å². The molecule has 28 heavy (non-hydrogen) atoms. The lowest BCUT2D eigenvalue weighted by Gasteiger charge is -2.24.